The van der Waals surface area contributed by atoms with E-state index in [0.717, 1.165) is 12.1 Å². The van der Waals surface area contributed by atoms with Crippen molar-refractivity contribution in [3.63, 3.8) is 0 Å². The first-order chi connectivity index (χ1) is 24.1. The molecule has 13 nitrogen and oxygen atoms in total. The van der Waals surface area contributed by atoms with Gasteiger partial charge in [-0.05, 0) is 50.3 Å². The lowest BCUT2D eigenvalue weighted by Gasteiger charge is -2.25. The Morgan fingerprint density at radius 2 is 1.57 bits per heavy atom. The number of amides is 5. The first kappa shape index (κ1) is 38.5. The Labute approximate surface area is 293 Å². The largest absolute Gasteiger partial charge is 0.416 e. The minimum absolute atomic E-state index is 0.00382. The van der Waals surface area contributed by atoms with Crippen molar-refractivity contribution in [2.24, 2.45) is 5.92 Å². The molecule has 0 saturated heterocycles. The third-order valence-electron chi connectivity index (χ3n) is 8.13. The van der Waals surface area contributed by atoms with Crippen LogP contribution in [0.1, 0.15) is 63.5 Å². The Hall–Kier alpha value is -5.28. The molecule has 0 fully saturated rings. The van der Waals surface area contributed by atoms with Gasteiger partial charge in [0.25, 0.3) is 0 Å². The summed E-state index contributed by atoms with van der Waals surface area (Å²) in [7, 11) is 0. The summed E-state index contributed by atoms with van der Waals surface area (Å²) in [6.07, 6.45) is -4.30. The highest BCUT2D eigenvalue weighted by molar-refractivity contribution is 5.93. The summed E-state index contributed by atoms with van der Waals surface area (Å²) in [5.74, 6) is -2.08. The van der Waals surface area contributed by atoms with E-state index >= 15 is 0 Å². The number of benzene rings is 2. The Bertz CT molecular complexity index is 1700. The predicted molar refractivity (Wildman–Crippen MR) is 180 cm³/mol. The molecule has 0 aliphatic carbocycles. The van der Waals surface area contributed by atoms with Crippen molar-refractivity contribution in [3.8, 4) is 11.4 Å². The number of hydrogen-bond donors (Lipinski definition) is 4. The zero-order chi connectivity index (χ0) is 37.3. The number of aromatic nitrogens is 3. The van der Waals surface area contributed by atoms with E-state index in [9.17, 15) is 37.1 Å². The fraction of sp³-hybridized carbons (Fsp3) is 0.457. The van der Waals surface area contributed by atoms with Crippen LogP contribution in [0, 0.1) is 5.92 Å². The molecule has 2 heterocycles. The van der Waals surface area contributed by atoms with E-state index in [4.69, 9.17) is 0 Å². The van der Waals surface area contributed by atoms with Crippen LogP contribution in [0.25, 0.3) is 11.4 Å². The standard InChI is InChI=1S/C35H43F3N8O5/c1-21(2)17-27-34(51)41-22(3)32-43-31(25-9-6-5-7-10-25)44-46(32)20-28(47)39-15-8-16-45(19-29(48)40-23(4)33(50)42-27)30(49)18-24-11-13-26(14-12-24)35(36,37)38/h5-7,9-14,21-23,27H,8,15-20H2,1-4H3,(H,39,47)(H,40,48)(H,41,51)(H,42,50)/t22-,23+,27+/m0/s1. The second kappa shape index (κ2) is 17.1. The van der Waals surface area contributed by atoms with Crippen LogP contribution in [0.3, 0.4) is 0 Å². The lowest BCUT2D eigenvalue weighted by Crippen LogP contribution is -2.54. The molecule has 51 heavy (non-hydrogen) atoms. The normalized spacial score (nSPS) is 20.2. The molecule has 1 aliphatic rings. The second-order valence-electron chi connectivity index (χ2n) is 12.9. The maximum atomic E-state index is 13.6. The molecule has 5 amide bonds. The fourth-order valence-corrected chi connectivity index (χ4v) is 5.48. The average molecular weight is 713 g/mol. The number of halogens is 3. The highest BCUT2D eigenvalue weighted by Gasteiger charge is 2.31. The zero-order valence-electron chi connectivity index (χ0n) is 28.9. The fourth-order valence-electron chi connectivity index (χ4n) is 5.48. The minimum atomic E-state index is -4.53. The number of fused-ring (bicyclic) bond motifs is 1. The van der Waals surface area contributed by atoms with Crippen LogP contribution in [0.2, 0.25) is 0 Å². The molecule has 0 radical (unpaired) electrons. The van der Waals surface area contributed by atoms with E-state index in [0.29, 0.717) is 22.8 Å². The zero-order valence-corrected chi connectivity index (χ0v) is 28.9. The van der Waals surface area contributed by atoms with Crippen LogP contribution in [0.5, 0.6) is 0 Å². The topological polar surface area (TPSA) is 167 Å². The van der Waals surface area contributed by atoms with Gasteiger partial charge in [-0.25, -0.2) is 9.67 Å². The third kappa shape index (κ3) is 11.1. The predicted octanol–water partition coefficient (Wildman–Crippen LogP) is 2.77. The van der Waals surface area contributed by atoms with Gasteiger partial charge in [-0.15, -0.1) is 0 Å². The van der Waals surface area contributed by atoms with Crippen LogP contribution in [-0.4, -0.2) is 80.9 Å². The molecule has 3 atom stereocenters. The molecule has 2 aromatic carbocycles. The maximum Gasteiger partial charge on any atom is 0.416 e. The van der Waals surface area contributed by atoms with Crippen molar-refractivity contribution in [1.82, 2.24) is 40.9 Å². The quantitative estimate of drug-likeness (QED) is 0.316. The van der Waals surface area contributed by atoms with Gasteiger partial charge >= 0.3 is 6.18 Å². The molecule has 1 aromatic heterocycles. The van der Waals surface area contributed by atoms with E-state index in [1.54, 1.807) is 6.92 Å². The SMILES string of the molecule is CC(C)C[C@H]1NC(=O)[C@@H](C)NC(=O)CN(C(=O)Cc2ccc(C(F)(F)F)cc2)CCCNC(=O)Cn2nc(-c3ccccc3)nc2[C@H](C)NC1=O. The van der Waals surface area contributed by atoms with E-state index in [2.05, 4.69) is 31.3 Å². The van der Waals surface area contributed by atoms with Crippen molar-refractivity contribution < 1.29 is 37.1 Å². The number of nitrogens with one attached hydrogen (secondary N) is 4. The summed E-state index contributed by atoms with van der Waals surface area (Å²) >= 11 is 0. The number of rotatable bonds is 5. The Morgan fingerprint density at radius 3 is 2.22 bits per heavy atom. The average Bonchev–Trinajstić information content (AvgIpc) is 3.49. The summed E-state index contributed by atoms with van der Waals surface area (Å²) in [6, 6.07) is 10.5. The van der Waals surface area contributed by atoms with Crippen molar-refractivity contribution in [1.29, 1.82) is 0 Å². The van der Waals surface area contributed by atoms with E-state index in [1.165, 1.54) is 28.6 Å². The summed E-state index contributed by atoms with van der Waals surface area (Å²) in [5.41, 5.74) is 0.158. The summed E-state index contributed by atoms with van der Waals surface area (Å²) in [4.78, 5) is 72.1. The van der Waals surface area contributed by atoms with Gasteiger partial charge in [-0.1, -0.05) is 56.3 Å². The van der Waals surface area contributed by atoms with Crippen LogP contribution in [0.15, 0.2) is 54.6 Å². The van der Waals surface area contributed by atoms with Crippen molar-refractivity contribution in [2.75, 3.05) is 19.6 Å². The molecular formula is C35H43F3N8O5. The monoisotopic (exact) mass is 712 g/mol. The molecule has 3 aromatic rings. The number of alkyl halides is 3. The van der Waals surface area contributed by atoms with E-state index < -0.39 is 65.9 Å². The second-order valence-corrected chi connectivity index (χ2v) is 12.9. The lowest BCUT2D eigenvalue weighted by atomic mass is 10.0. The van der Waals surface area contributed by atoms with Crippen molar-refractivity contribution in [2.45, 2.75) is 77.8 Å². The molecule has 1 aliphatic heterocycles. The first-order valence-electron chi connectivity index (χ1n) is 16.7. The summed E-state index contributed by atoms with van der Waals surface area (Å²) < 4.78 is 40.5. The van der Waals surface area contributed by atoms with Gasteiger partial charge in [0.15, 0.2) is 5.82 Å². The first-order valence-corrected chi connectivity index (χ1v) is 16.7. The number of nitrogens with zero attached hydrogens (tertiary/aromatic N) is 4. The van der Waals surface area contributed by atoms with Gasteiger partial charge in [0, 0.05) is 18.7 Å². The Morgan fingerprint density at radius 1 is 0.882 bits per heavy atom. The van der Waals surface area contributed by atoms with Gasteiger partial charge in [-0.3, -0.25) is 24.0 Å². The smallest absolute Gasteiger partial charge is 0.354 e. The van der Waals surface area contributed by atoms with E-state index in [-0.39, 0.29) is 44.8 Å². The van der Waals surface area contributed by atoms with Crippen LogP contribution in [-0.2, 0) is 43.1 Å². The van der Waals surface area contributed by atoms with E-state index in [1.807, 2.05) is 44.2 Å². The molecule has 4 rings (SSSR count). The molecule has 0 bridgehead atoms. The maximum absolute atomic E-state index is 13.6. The number of carbonyl (C=O) groups is 5. The molecular weight excluding hydrogens is 669 g/mol. The van der Waals surface area contributed by atoms with Gasteiger partial charge < -0.3 is 26.2 Å². The highest BCUT2D eigenvalue weighted by atomic mass is 19.4. The Kier molecular flexibility index (Phi) is 12.9. The minimum Gasteiger partial charge on any atom is -0.354 e. The Balaban J connectivity index is 1.59. The summed E-state index contributed by atoms with van der Waals surface area (Å²) in [6.45, 7) is 6.36. The molecule has 0 spiro atoms. The number of hydrogen-bond acceptors (Lipinski definition) is 7. The van der Waals surface area contributed by atoms with Crippen LogP contribution >= 0.6 is 0 Å². The van der Waals surface area contributed by atoms with Gasteiger partial charge in [0.1, 0.15) is 24.5 Å². The van der Waals surface area contributed by atoms with Gasteiger partial charge in [0.05, 0.1) is 24.6 Å². The summed E-state index contributed by atoms with van der Waals surface area (Å²) in [5, 5.41) is 15.5. The molecule has 274 valence electrons. The van der Waals surface area contributed by atoms with Gasteiger partial charge in [-0.2, -0.15) is 18.3 Å². The lowest BCUT2D eigenvalue weighted by molar-refractivity contribution is -0.137. The molecule has 4 N–H and O–H groups in total. The molecule has 0 unspecified atom stereocenters. The van der Waals surface area contributed by atoms with Crippen molar-refractivity contribution in [3.05, 3.63) is 71.5 Å². The third-order valence-corrected chi connectivity index (χ3v) is 8.13. The number of carbonyl (C=O) groups excluding carboxylic acids is 5. The van der Waals surface area contributed by atoms with Crippen LogP contribution < -0.4 is 21.3 Å². The van der Waals surface area contributed by atoms with Gasteiger partial charge in [0.2, 0.25) is 29.5 Å². The van der Waals surface area contributed by atoms with Crippen molar-refractivity contribution >= 4 is 29.5 Å². The molecule has 0 saturated carbocycles. The molecule has 16 heteroatoms. The van der Waals surface area contributed by atoms with Crippen LogP contribution in [0.4, 0.5) is 13.2 Å². The highest BCUT2D eigenvalue weighted by Crippen LogP contribution is 2.29.